The van der Waals surface area contributed by atoms with Gasteiger partial charge in [-0.15, -0.1) is 0 Å². The van der Waals surface area contributed by atoms with Gasteiger partial charge in [-0.1, -0.05) is 36.4 Å². The zero-order chi connectivity index (χ0) is 19.4. The number of fused-ring (bicyclic) bond motifs is 1. The number of aliphatic carboxylic acids is 1. The number of rotatable bonds is 5. The highest BCUT2D eigenvalue weighted by Gasteiger charge is 2.17. The van der Waals surface area contributed by atoms with Crippen molar-refractivity contribution in [3.63, 3.8) is 0 Å². The van der Waals surface area contributed by atoms with Crippen molar-refractivity contribution in [2.75, 3.05) is 11.9 Å². The molecule has 134 valence electrons. The minimum atomic E-state index is -0.966. The molecule has 0 aliphatic rings. The Kier molecular flexibility index (Phi) is 5.04. The Hall–Kier alpha value is -3.85. The number of benzene rings is 2. The van der Waals surface area contributed by atoms with E-state index in [0.29, 0.717) is 11.3 Å². The molecule has 1 amide bonds. The number of carbonyl (C=O) groups excluding carboxylic acids is 1. The second-order valence-corrected chi connectivity index (χ2v) is 5.99. The van der Waals surface area contributed by atoms with Crippen LogP contribution < -0.4 is 4.90 Å². The van der Waals surface area contributed by atoms with Gasteiger partial charge in [-0.2, -0.15) is 5.26 Å². The average molecular weight is 359 g/mol. The molecular formula is C21H17N3O3. The second-order valence-electron chi connectivity index (χ2n) is 5.99. The highest BCUT2D eigenvalue weighted by molar-refractivity contribution is 6.11. The standard InChI is InChI=1S/C21H17N3O3/c1-23(17-7-3-2-4-8-17)21(27)15(12-22)11-16-13-24(14-20(25)26)19-10-6-5-9-18(16)19/h2-11,13H,14H2,1H3,(H,25,26)/b15-11+. The smallest absolute Gasteiger partial charge is 0.323 e. The number of hydrogen-bond acceptors (Lipinski definition) is 3. The van der Waals surface area contributed by atoms with Crippen molar-refractivity contribution in [3.05, 3.63) is 71.9 Å². The molecule has 3 rings (SSSR count). The van der Waals surface area contributed by atoms with Crippen molar-refractivity contribution in [3.8, 4) is 6.07 Å². The summed E-state index contributed by atoms with van der Waals surface area (Å²) < 4.78 is 1.59. The van der Waals surface area contributed by atoms with Gasteiger partial charge in [0.1, 0.15) is 18.2 Å². The van der Waals surface area contributed by atoms with Crippen LogP contribution in [0.3, 0.4) is 0 Å². The van der Waals surface area contributed by atoms with Gasteiger partial charge in [-0.05, 0) is 24.3 Å². The van der Waals surface area contributed by atoms with Crippen LogP contribution in [0.25, 0.3) is 17.0 Å². The summed E-state index contributed by atoms with van der Waals surface area (Å²) in [6.07, 6.45) is 3.15. The Labute approximate surface area is 156 Å². The molecule has 0 aliphatic heterocycles. The topological polar surface area (TPSA) is 86.3 Å². The first-order valence-electron chi connectivity index (χ1n) is 8.26. The molecule has 0 fully saturated rings. The number of nitrogens with zero attached hydrogens (tertiary/aromatic N) is 3. The quantitative estimate of drug-likeness (QED) is 0.559. The van der Waals surface area contributed by atoms with Crippen LogP contribution in [0.4, 0.5) is 5.69 Å². The molecule has 0 saturated heterocycles. The summed E-state index contributed by atoms with van der Waals surface area (Å²) in [4.78, 5) is 25.2. The van der Waals surface area contributed by atoms with Crippen molar-refractivity contribution in [1.82, 2.24) is 4.57 Å². The Balaban J connectivity index is 2.02. The number of hydrogen-bond donors (Lipinski definition) is 1. The van der Waals surface area contributed by atoms with Gasteiger partial charge in [0.2, 0.25) is 0 Å². The maximum absolute atomic E-state index is 12.7. The first-order chi connectivity index (χ1) is 13.0. The Bertz CT molecular complexity index is 1070. The van der Waals surface area contributed by atoms with Crippen LogP contribution in [0.5, 0.6) is 0 Å². The monoisotopic (exact) mass is 359 g/mol. The van der Waals surface area contributed by atoms with Crippen molar-refractivity contribution >= 4 is 34.5 Å². The lowest BCUT2D eigenvalue weighted by Crippen LogP contribution is -2.27. The minimum Gasteiger partial charge on any atom is -0.480 e. The number of carboxylic acid groups (broad SMARTS) is 1. The van der Waals surface area contributed by atoms with Crippen LogP contribution in [0.15, 0.2) is 66.4 Å². The molecule has 0 spiro atoms. The van der Waals surface area contributed by atoms with Gasteiger partial charge in [-0.25, -0.2) is 0 Å². The first-order valence-corrected chi connectivity index (χ1v) is 8.26. The van der Waals surface area contributed by atoms with Gasteiger partial charge < -0.3 is 14.6 Å². The summed E-state index contributed by atoms with van der Waals surface area (Å²) >= 11 is 0. The summed E-state index contributed by atoms with van der Waals surface area (Å²) in [5.41, 5.74) is 2.00. The lowest BCUT2D eigenvalue weighted by Gasteiger charge is -2.16. The molecule has 6 heteroatoms. The van der Waals surface area contributed by atoms with E-state index in [9.17, 15) is 14.9 Å². The predicted octanol–water partition coefficient (Wildman–Crippen LogP) is 3.30. The number of para-hydroxylation sites is 2. The predicted molar refractivity (Wildman–Crippen MR) is 103 cm³/mol. The fourth-order valence-electron chi connectivity index (χ4n) is 2.91. The Morgan fingerprint density at radius 1 is 1.15 bits per heavy atom. The summed E-state index contributed by atoms with van der Waals surface area (Å²) in [7, 11) is 1.61. The molecule has 0 bridgehead atoms. The van der Waals surface area contributed by atoms with E-state index in [1.807, 2.05) is 42.5 Å². The number of anilines is 1. The fourth-order valence-corrected chi connectivity index (χ4v) is 2.91. The van der Waals surface area contributed by atoms with Gasteiger partial charge in [0.25, 0.3) is 5.91 Å². The fraction of sp³-hybridized carbons (Fsp3) is 0.0952. The van der Waals surface area contributed by atoms with Crippen LogP contribution in [-0.4, -0.2) is 28.6 Å². The molecule has 2 aromatic carbocycles. The number of aromatic nitrogens is 1. The summed E-state index contributed by atoms with van der Waals surface area (Å²) in [5.74, 6) is -1.40. The molecule has 1 N–H and O–H groups in total. The van der Waals surface area contributed by atoms with Crippen molar-refractivity contribution in [2.45, 2.75) is 6.54 Å². The van der Waals surface area contributed by atoms with Crippen molar-refractivity contribution in [1.29, 1.82) is 5.26 Å². The van der Waals surface area contributed by atoms with Crippen LogP contribution in [0, 0.1) is 11.3 Å². The number of carbonyl (C=O) groups is 2. The van der Waals surface area contributed by atoms with E-state index in [0.717, 1.165) is 10.9 Å². The second kappa shape index (κ2) is 7.58. The van der Waals surface area contributed by atoms with Gasteiger partial charge in [0.05, 0.1) is 0 Å². The van der Waals surface area contributed by atoms with Crippen LogP contribution >= 0.6 is 0 Å². The number of carboxylic acids is 1. The first kappa shape index (κ1) is 18.0. The average Bonchev–Trinajstić information content (AvgIpc) is 3.02. The van der Waals surface area contributed by atoms with Crippen LogP contribution in [0.2, 0.25) is 0 Å². The van der Waals surface area contributed by atoms with E-state index in [1.54, 1.807) is 36.0 Å². The molecule has 6 nitrogen and oxygen atoms in total. The van der Waals surface area contributed by atoms with E-state index in [2.05, 4.69) is 0 Å². The molecule has 27 heavy (non-hydrogen) atoms. The Morgan fingerprint density at radius 2 is 1.81 bits per heavy atom. The molecule has 0 saturated carbocycles. The molecule has 1 aromatic heterocycles. The molecule has 0 atom stereocenters. The molecule has 0 unspecified atom stereocenters. The third-order valence-electron chi connectivity index (χ3n) is 4.22. The summed E-state index contributed by atoms with van der Waals surface area (Å²) in [6.45, 7) is -0.200. The van der Waals surface area contributed by atoms with Gasteiger partial charge >= 0.3 is 5.97 Å². The lowest BCUT2D eigenvalue weighted by atomic mass is 10.1. The lowest BCUT2D eigenvalue weighted by molar-refractivity contribution is -0.137. The largest absolute Gasteiger partial charge is 0.480 e. The van der Waals surface area contributed by atoms with E-state index in [-0.39, 0.29) is 12.1 Å². The van der Waals surface area contributed by atoms with Crippen LogP contribution in [0.1, 0.15) is 5.56 Å². The number of amides is 1. The highest BCUT2D eigenvalue weighted by atomic mass is 16.4. The zero-order valence-corrected chi connectivity index (χ0v) is 14.7. The summed E-state index contributed by atoms with van der Waals surface area (Å²) in [6, 6.07) is 18.3. The number of nitriles is 1. The third kappa shape index (κ3) is 3.72. The molecule has 0 radical (unpaired) electrons. The van der Waals surface area contributed by atoms with E-state index >= 15 is 0 Å². The summed E-state index contributed by atoms with van der Waals surface area (Å²) in [5, 5.41) is 19.4. The zero-order valence-electron chi connectivity index (χ0n) is 14.7. The van der Waals surface area contributed by atoms with E-state index < -0.39 is 11.9 Å². The van der Waals surface area contributed by atoms with Crippen molar-refractivity contribution < 1.29 is 14.7 Å². The van der Waals surface area contributed by atoms with Gasteiger partial charge in [0.15, 0.2) is 0 Å². The maximum Gasteiger partial charge on any atom is 0.323 e. The van der Waals surface area contributed by atoms with Crippen LogP contribution in [-0.2, 0) is 16.1 Å². The normalized spacial score (nSPS) is 11.2. The SMILES string of the molecule is CN(C(=O)/C(C#N)=C/c1cn(CC(=O)O)c2ccccc12)c1ccccc1. The number of likely N-dealkylation sites (N-methyl/N-ethyl adjacent to an activating group) is 1. The van der Waals surface area contributed by atoms with Crippen molar-refractivity contribution in [2.24, 2.45) is 0 Å². The maximum atomic E-state index is 12.7. The minimum absolute atomic E-state index is 0.0282. The molecular weight excluding hydrogens is 342 g/mol. The van der Waals surface area contributed by atoms with E-state index in [1.165, 1.54) is 11.0 Å². The third-order valence-corrected chi connectivity index (χ3v) is 4.22. The molecule has 0 aliphatic carbocycles. The Morgan fingerprint density at radius 3 is 2.48 bits per heavy atom. The molecule has 3 aromatic rings. The van der Waals surface area contributed by atoms with E-state index in [4.69, 9.17) is 5.11 Å². The highest BCUT2D eigenvalue weighted by Crippen LogP contribution is 2.24. The van der Waals surface area contributed by atoms with Gasteiger partial charge in [-0.3, -0.25) is 9.59 Å². The molecule has 1 heterocycles. The van der Waals surface area contributed by atoms with Gasteiger partial charge in [0, 0.05) is 35.4 Å².